The number of thiocarbonyl (C=S) groups is 1. The van der Waals surface area contributed by atoms with Gasteiger partial charge < -0.3 is 15.2 Å². The number of para-hydroxylation sites is 1. The molecule has 1 aromatic carbocycles. The summed E-state index contributed by atoms with van der Waals surface area (Å²) in [5.74, 6) is 0.191. The molecule has 1 saturated heterocycles. The average molecular weight is 237 g/mol. The Balaban J connectivity index is 2.20. The van der Waals surface area contributed by atoms with E-state index in [1.807, 2.05) is 6.07 Å². The predicted molar refractivity (Wildman–Crippen MR) is 62.3 cm³/mol. The molecule has 16 heavy (non-hydrogen) atoms. The zero-order valence-corrected chi connectivity index (χ0v) is 9.33. The van der Waals surface area contributed by atoms with Gasteiger partial charge in [-0.25, -0.2) is 4.79 Å². The van der Waals surface area contributed by atoms with Crippen LogP contribution < -0.4 is 10.5 Å². The number of hydrogen-bond acceptors (Lipinski definition) is 4. The largest absolute Gasteiger partial charge is 0.478 e. The molecular weight excluding hydrogens is 226 g/mol. The molecule has 0 aliphatic carbocycles. The number of nitrogens with two attached hydrogens (primary N) is 1. The van der Waals surface area contributed by atoms with E-state index in [4.69, 9.17) is 27.4 Å². The molecule has 0 bridgehead atoms. The number of hydrogen-bond donors (Lipinski definition) is 1. The maximum Gasteiger partial charge on any atom is 0.347 e. The SMILES string of the molecule is NC(=S)c1ccccc1OC1CCOC1=O. The molecule has 1 aliphatic heterocycles. The normalized spacial score (nSPS) is 19.2. The minimum Gasteiger partial charge on any atom is -0.478 e. The summed E-state index contributed by atoms with van der Waals surface area (Å²) in [4.78, 5) is 11.5. The van der Waals surface area contributed by atoms with Crippen LogP contribution in [0.3, 0.4) is 0 Å². The maximum absolute atomic E-state index is 11.2. The molecule has 1 unspecified atom stereocenters. The zero-order chi connectivity index (χ0) is 11.5. The van der Waals surface area contributed by atoms with Crippen molar-refractivity contribution in [3.8, 4) is 5.75 Å². The third kappa shape index (κ3) is 2.14. The quantitative estimate of drug-likeness (QED) is 0.628. The molecule has 1 heterocycles. The molecule has 0 spiro atoms. The molecule has 2 rings (SSSR count). The summed E-state index contributed by atoms with van der Waals surface area (Å²) < 4.78 is 10.3. The molecule has 4 nitrogen and oxygen atoms in total. The molecule has 84 valence electrons. The fourth-order valence-corrected chi connectivity index (χ4v) is 1.68. The minimum atomic E-state index is -0.546. The zero-order valence-electron chi connectivity index (χ0n) is 8.51. The van der Waals surface area contributed by atoms with Gasteiger partial charge in [-0.3, -0.25) is 0 Å². The number of benzene rings is 1. The highest BCUT2D eigenvalue weighted by Gasteiger charge is 2.29. The summed E-state index contributed by atoms with van der Waals surface area (Å²) >= 11 is 4.90. The summed E-state index contributed by atoms with van der Waals surface area (Å²) in [6.45, 7) is 0.402. The van der Waals surface area contributed by atoms with Crippen molar-refractivity contribution in [3.63, 3.8) is 0 Å². The Labute approximate surface area is 98.3 Å². The van der Waals surface area contributed by atoms with Gasteiger partial charge >= 0.3 is 5.97 Å². The van der Waals surface area contributed by atoms with Crippen molar-refractivity contribution < 1.29 is 14.3 Å². The van der Waals surface area contributed by atoms with Crippen molar-refractivity contribution in [3.05, 3.63) is 29.8 Å². The van der Waals surface area contributed by atoms with Crippen LogP contribution >= 0.6 is 12.2 Å². The van der Waals surface area contributed by atoms with E-state index < -0.39 is 6.10 Å². The van der Waals surface area contributed by atoms with E-state index >= 15 is 0 Å². The van der Waals surface area contributed by atoms with Gasteiger partial charge in [0.05, 0.1) is 12.2 Å². The van der Waals surface area contributed by atoms with E-state index in [1.54, 1.807) is 18.2 Å². The summed E-state index contributed by atoms with van der Waals surface area (Å²) in [7, 11) is 0. The summed E-state index contributed by atoms with van der Waals surface area (Å²) in [6, 6.07) is 7.11. The van der Waals surface area contributed by atoms with Crippen LogP contribution in [0.2, 0.25) is 0 Å². The van der Waals surface area contributed by atoms with Gasteiger partial charge in [-0.2, -0.15) is 0 Å². The highest BCUT2D eigenvalue weighted by molar-refractivity contribution is 7.80. The van der Waals surface area contributed by atoms with Crippen LogP contribution in [0.5, 0.6) is 5.75 Å². The number of cyclic esters (lactones) is 1. The third-order valence-corrected chi connectivity index (χ3v) is 2.53. The Kier molecular flexibility index (Phi) is 3.05. The van der Waals surface area contributed by atoms with Crippen LogP contribution in [0.4, 0.5) is 0 Å². The number of carbonyl (C=O) groups is 1. The molecular formula is C11H11NO3S. The van der Waals surface area contributed by atoms with Crippen LogP contribution in [-0.4, -0.2) is 23.7 Å². The Morgan fingerprint density at radius 2 is 2.25 bits per heavy atom. The molecule has 0 radical (unpaired) electrons. The van der Waals surface area contributed by atoms with Crippen molar-refractivity contribution in [1.82, 2.24) is 0 Å². The molecule has 1 aliphatic rings. The second kappa shape index (κ2) is 4.49. The minimum absolute atomic E-state index is 0.252. The first-order valence-corrected chi connectivity index (χ1v) is 5.31. The lowest BCUT2D eigenvalue weighted by molar-refractivity contribution is -0.143. The second-order valence-corrected chi connectivity index (χ2v) is 3.86. The van der Waals surface area contributed by atoms with E-state index in [1.165, 1.54) is 0 Å². The Morgan fingerprint density at radius 3 is 2.88 bits per heavy atom. The molecule has 1 atom stereocenters. The number of ether oxygens (including phenoxy) is 2. The first-order valence-electron chi connectivity index (χ1n) is 4.90. The molecule has 0 saturated carbocycles. The van der Waals surface area contributed by atoms with Gasteiger partial charge in [0.2, 0.25) is 0 Å². The van der Waals surface area contributed by atoms with Gasteiger partial charge in [0, 0.05) is 6.42 Å². The summed E-state index contributed by atoms with van der Waals surface area (Å²) in [6.07, 6.45) is 0.0142. The Morgan fingerprint density at radius 1 is 1.50 bits per heavy atom. The number of rotatable bonds is 3. The summed E-state index contributed by atoms with van der Waals surface area (Å²) in [5.41, 5.74) is 6.20. The van der Waals surface area contributed by atoms with E-state index in [2.05, 4.69) is 0 Å². The lowest BCUT2D eigenvalue weighted by Gasteiger charge is -2.13. The molecule has 1 aromatic rings. The third-order valence-electron chi connectivity index (χ3n) is 2.31. The predicted octanol–water partition coefficient (Wildman–Crippen LogP) is 1.02. The van der Waals surface area contributed by atoms with Crippen LogP contribution in [-0.2, 0) is 9.53 Å². The van der Waals surface area contributed by atoms with Gasteiger partial charge in [-0.15, -0.1) is 0 Å². The van der Waals surface area contributed by atoms with Crippen LogP contribution in [0.1, 0.15) is 12.0 Å². The fraction of sp³-hybridized carbons (Fsp3) is 0.273. The van der Waals surface area contributed by atoms with Crippen molar-refractivity contribution in [1.29, 1.82) is 0 Å². The van der Waals surface area contributed by atoms with Crippen molar-refractivity contribution in [2.75, 3.05) is 6.61 Å². The van der Waals surface area contributed by atoms with Crippen molar-refractivity contribution in [2.45, 2.75) is 12.5 Å². The topological polar surface area (TPSA) is 61.6 Å². The van der Waals surface area contributed by atoms with Gasteiger partial charge in [-0.05, 0) is 12.1 Å². The van der Waals surface area contributed by atoms with Crippen molar-refractivity contribution >= 4 is 23.2 Å². The summed E-state index contributed by atoms with van der Waals surface area (Å²) in [5, 5.41) is 0. The van der Waals surface area contributed by atoms with Gasteiger partial charge in [0.1, 0.15) is 10.7 Å². The van der Waals surface area contributed by atoms with Crippen LogP contribution in [0.25, 0.3) is 0 Å². The number of esters is 1. The molecule has 2 N–H and O–H groups in total. The lowest BCUT2D eigenvalue weighted by atomic mass is 10.2. The average Bonchev–Trinajstić information content (AvgIpc) is 2.65. The Bertz CT molecular complexity index is 433. The molecule has 1 fully saturated rings. The molecule has 0 aromatic heterocycles. The van der Waals surface area contributed by atoms with Gasteiger partial charge in [0.25, 0.3) is 0 Å². The van der Waals surface area contributed by atoms with E-state index in [-0.39, 0.29) is 11.0 Å². The molecule has 5 heteroatoms. The standard InChI is InChI=1S/C11H11NO3S/c12-10(16)7-3-1-2-4-8(7)15-9-5-6-14-11(9)13/h1-4,9H,5-6H2,(H2,12,16). The van der Waals surface area contributed by atoms with Crippen molar-refractivity contribution in [2.24, 2.45) is 5.73 Å². The lowest BCUT2D eigenvalue weighted by Crippen LogP contribution is -2.23. The highest BCUT2D eigenvalue weighted by Crippen LogP contribution is 2.22. The fourth-order valence-electron chi connectivity index (χ4n) is 1.51. The van der Waals surface area contributed by atoms with E-state index in [0.29, 0.717) is 24.3 Å². The van der Waals surface area contributed by atoms with Gasteiger partial charge in [-0.1, -0.05) is 24.4 Å². The second-order valence-electron chi connectivity index (χ2n) is 3.42. The Hall–Kier alpha value is -1.62. The van der Waals surface area contributed by atoms with Gasteiger partial charge in [0.15, 0.2) is 6.10 Å². The monoisotopic (exact) mass is 237 g/mol. The first kappa shape index (κ1) is 10.9. The van der Waals surface area contributed by atoms with E-state index in [9.17, 15) is 4.79 Å². The smallest absolute Gasteiger partial charge is 0.347 e. The molecule has 0 amide bonds. The van der Waals surface area contributed by atoms with Crippen LogP contribution in [0, 0.1) is 0 Å². The first-order chi connectivity index (χ1) is 7.68. The highest BCUT2D eigenvalue weighted by atomic mass is 32.1. The number of carbonyl (C=O) groups excluding carboxylic acids is 1. The van der Waals surface area contributed by atoms with E-state index in [0.717, 1.165) is 0 Å². The van der Waals surface area contributed by atoms with Crippen LogP contribution in [0.15, 0.2) is 24.3 Å². The maximum atomic E-state index is 11.2.